The molecule has 13 heteroatoms. The van der Waals surface area contributed by atoms with E-state index >= 15 is 0 Å². The van der Waals surface area contributed by atoms with E-state index in [1.807, 2.05) is 6.92 Å². The maximum atomic E-state index is 12.0. The summed E-state index contributed by atoms with van der Waals surface area (Å²) < 4.78 is 38.3. The molecule has 1 saturated heterocycles. The number of esters is 4. The number of fused-ring (bicyclic) bond motifs is 1. The van der Waals surface area contributed by atoms with Gasteiger partial charge in [0, 0.05) is 45.2 Å². The molecule has 0 bridgehead atoms. The van der Waals surface area contributed by atoms with Crippen molar-refractivity contribution in [2.24, 2.45) is 0 Å². The highest BCUT2D eigenvalue weighted by atomic mass is 35.5. The summed E-state index contributed by atoms with van der Waals surface area (Å²) in [7, 11) is 0. The summed E-state index contributed by atoms with van der Waals surface area (Å²) in [6.07, 6.45) is -6.35. The van der Waals surface area contributed by atoms with Gasteiger partial charge in [-0.2, -0.15) is 0 Å². The number of carbonyl (C=O) groups is 4. The third kappa shape index (κ3) is 7.01. The molecule has 5 atom stereocenters. The Labute approximate surface area is 222 Å². The number of rotatable bonds is 8. The van der Waals surface area contributed by atoms with Crippen LogP contribution in [0.25, 0.3) is 11.0 Å². The molecule has 2 aromatic rings. The van der Waals surface area contributed by atoms with Gasteiger partial charge in [-0.1, -0.05) is 18.5 Å². The van der Waals surface area contributed by atoms with Crippen LogP contribution in [0.1, 0.15) is 40.2 Å². The molecule has 0 saturated carbocycles. The van der Waals surface area contributed by atoms with E-state index < -0.39 is 66.8 Å². The predicted octanol–water partition coefficient (Wildman–Crippen LogP) is 2.47. The number of benzene rings is 1. The Hall–Kier alpha value is -3.64. The van der Waals surface area contributed by atoms with E-state index in [1.165, 1.54) is 12.1 Å². The molecule has 0 radical (unpaired) electrons. The van der Waals surface area contributed by atoms with Crippen molar-refractivity contribution in [3.8, 4) is 5.75 Å². The first-order valence-corrected chi connectivity index (χ1v) is 12.0. The standard InChI is InChI=1S/C25H27ClO12/c1-6-15-7-21(31)36-18-9-19(17(26)8-16(15)18)37-25-24(35-14(5)30)23(34-13(4)29)22(33-12(3)28)20(38-25)10-32-11(2)27/h7-9,20,22-25H,6,10H2,1-5H3/t20-,22-,23+,24-,25-/m0/s1. The quantitative estimate of drug-likeness (QED) is 0.267. The van der Waals surface area contributed by atoms with E-state index in [9.17, 15) is 24.0 Å². The molecule has 0 aliphatic carbocycles. The Morgan fingerprint density at radius 3 is 2.05 bits per heavy atom. The average molecular weight is 555 g/mol. The van der Waals surface area contributed by atoms with Gasteiger partial charge in [0.2, 0.25) is 12.4 Å². The van der Waals surface area contributed by atoms with Gasteiger partial charge in [-0.05, 0) is 18.1 Å². The molecule has 1 aromatic carbocycles. The second-order valence-corrected chi connectivity index (χ2v) is 8.82. The highest BCUT2D eigenvalue weighted by Crippen LogP contribution is 2.36. The topological polar surface area (TPSA) is 154 Å². The van der Waals surface area contributed by atoms with Crippen molar-refractivity contribution < 1.29 is 52.0 Å². The molecule has 1 aliphatic rings. The van der Waals surface area contributed by atoms with Crippen molar-refractivity contribution in [2.75, 3.05) is 6.61 Å². The van der Waals surface area contributed by atoms with Crippen LogP contribution in [-0.4, -0.2) is 61.2 Å². The Bertz CT molecular complexity index is 1290. The molecule has 0 spiro atoms. The van der Waals surface area contributed by atoms with Gasteiger partial charge in [0.1, 0.15) is 24.0 Å². The van der Waals surface area contributed by atoms with Crippen LogP contribution in [0.4, 0.5) is 0 Å². The summed E-state index contributed by atoms with van der Waals surface area (Å²) in [5, 5.41) is 0.694. The number of hydrogen-bond donors (Lipinski definition) is 0. The van der Waals surface area contributed by atoms with E-state index in [0.717, 1.165) is 27.7 Å². The van der Waals surface area contributed by atoms with Gasteiger partial charge in [-0.3, -0.25) is 19.2 Å². The minimum atomic E-state index is -1.49. The molecule has 2 heterocycles. The van der Waals surface area contributed by atoms with E-state index in [0.29, 0.717) is 17.4 Å². The smallest absolute Gasteiger partial charge is 0.336 e. The Balaban J connectivity index is 2.08. The molecular weight excluding hydrogens is 528 g/mol. The number of carbonyl (C=O) groups excluding carboxylic acids is 4. The van der Waals surface area contributed by atoms with Crippen LogP contribution in [0.5, 0.6) is 5.75 Å². The zero-order chi connectivity index (χ0) is 28.1. The lowest BCUT2D eigenvalue weighted by atomic mass is 9.98. The Kier molecular flexibility index (Phi) is 9.34. The van der Waals surface area contributed by atoms with Crippen molar-refractivity contribution >= 4 is 46.4 Å². The molecule has 1 fully saturated rings. The number of hydrogen-bond acceptors (Lipinski definition) is 12. The third-order valence-corrected chi connectivity index (χ3v) is 5.75. The van der Waals surface area contributed by atoms with Gasteiger partial charge in [-0.15, -0.1) is 0 Å². The first-order chi connectivity index (χ1) is 17.9. The van der Waals surface area contributed by atoms with Crippen molar-refractivity contribution in [1.29, 1.82) is 0 Å². The zero-order valence-electron chi connectivity index (χ0n) is 21.3. The van der Waals surface area contributed by atoms with E-state index in [-0.39, 0.29) is 16.4 Å². The van der Waals surface area contributed by atoms with Gasteiger partial charge in [0.05, 0.1) is 5.02 Å². The lowest BCUT2D eigenvalue weighted by Gasteiger charge is -2.43. The van der Waals surface area contributed by atoms with Crippen LogP contribution < -0.4 is 10.4 Å². The second-order valence-electron chi connectivity index (χ2n) is 8.41. The molecular formula is C25H27ClO12. The summed E-state index contributed by atoms with van der Waals surface area (Å²) in [6, 6.07) is 4.27. The first-order valence-electron chi connectivity index (χ1n) is 11.6. The average Bonchev–Trinajstić information content (AvgIpc) is 2.81. The van der Waals surface area contributed by atoms with Gasteiger partial charge in [-0.25, -0.2) is 4.79 Å². The molecule has 206 valence electrons. The third-order valence-electron chi connectivity index (χ3n) is 5.45. The fourth-order valence-corrected chi connectivity index (χ4v) is 4.23. The lowest BCUT2D eigenvalue weighted by Crippen LogP contribution is -2.63. The van der Waals surface area contributed by atoms with Crippen molar-refractivity contribution in [3.05, 3.63) is 39.2 Å². The van der Waals surface area contributed by atoms with Crippen molar-refractivity contribution in [3.63, 3.8) is 0 Å². The highest BCUT2D eigenvalue weighted by molar-refractivity contribution is 6.32. The van der Waals surface area contributed by atoms with Crippen LogP contribution >= 0.6 is 11.6 Å². The highest BCUT2D eigenvalue weighted by Gasteiger charge is 2.53. The van der Waals surface area contributed by atoms with Crippen LogP contribution in [0.15, 0.2) is 27.4 Å². The van der Waals surface area contributed by atoms with Crippen molar-refractivity contribution in [2.45, 2.75) is 71.7 Å². The summed E-state index contributed by atoms with van der Waals surface area (Å²) in [5.41, 5.74) is 0.311. The van der Waals surface area contributed by atoms with Crippen LogP contribution in [0, 0.1) is 0 Å². The summed E-state index contributed by atoms with van der Waals surface area (Å²) in [6.45, 7) is 5.94. The summed E-state index contributed by atoms with van der Waals surface area (Å²) in [5.74, 6) is -3.00. The number of ether oxygens (including phenoxy) is 6. The number of halogens is 1. The fraction of sp³-hybridized carbons (Fsp3) is 0.480. The minimum absolute atomic E-state index is 0.0172. The van der Waals surface area contributed by atoms with E-state index in [1.54, 1.807) is 6.07 Å². The molecule has 1 aliphatic heterocycles. The van der Waals surface area contributed by atoms with E-state index in [2.05, 4.69) is 0 Å². The molecule has 1 aromatic heterocycles. The zero-order valence-corrected chi connectivity index (χ0v) is 22.1. The van der Waals surface area contributed by atoms with Gasteiger partial charge in [0.15, 0.2) is 12.2 Å². The second kappa shape index (κ2) is 12.3. The van der Waals surface area contributed by atoms with Crippen LogP contribution in [0.3, 0.4) is 0 Å². The summed E-state index contributed by atoms with van der Waals surface area (Å²) >= 11 is 6.47. The maximum Gasteiger partial charge on any atom is 0.336 e. The molecule has 0 unspecified atom stereocenters. The first kappa shape index (κ1) is 28.9. The van der Waals surface area contributed by atoms with Crippen molar-refractivity contribution in [1.82, 2.24) is 0 Å². The lowest BCUT2D eigenvalue weighted by molar-refractivity contribution is -0.288. The van der Waals surface area contributed by atoms with Gasteiger partial charge >= 0.3 is 29.5 Å². The predicted molar refractivity (Wildman–Crippen MR) is 129 cm³/mol. The van der Waals surface area contributed by atoms with Gasteiger partial charge < -0.3 is 32.8 Å². The Morgan fingerprint density at radius 2 is 1.47 bits per heavy atom. The number of aryl methyl sites for hydroxylation is 1. The summed E-state index contributed by atoms with van der Waals surface area (Å²) in [4.78, 5) is 59.3. The van der Waals surface area contributed by atoms with Crippen LogP contribution in [0.2, 0.25) is 5.02 Å². The van der Waals surface area contributed by atoms with E-state index in [4.69, 9.17) is 44.4 Å². The maximum absolute atomic E-state index is 12.0. The molecule has 0 amide bonds. The largest absolute Gasteiger partial charge is 0.463 e. The molecule has 0 N–H and O–H groups in total. The normalized spacial score (nSPS) is 22.8. The van der Waals surface area contributed by atoms with Gasteiger partial charge in [0.25, 0.3) is 0 Å². The molecule has 38 heavy (non-hydrogen) atoms. The van der Waals surface area contributed by atoms with Crippen LogP contribution in [-0.2, 0) is 49.3 Å². The Morgan fingerprint density at radius 1 is 0.868 bits per heavy atom. The fourth-order valence-electron chi connectivity index (χ4n) is 4.02. The minimum Gasteiger partial charge on any atom is -0.463 e. The SMILES string of the molecule is CCc1cc(=O)oc2cc(O[C@H]3O[C@@H](COC(C)=O)[C@H](OC(C)=O)[C@@H](OC(C)=O)[C@@H]3OC(C)=O)c(Cl)cc12. The molecule has 3 rings (SSSR count). The molecule has 12 nitrogen and oxygen atoms in total. The monoisotopic (exact) mass is 554 g/mol.